The number of esters is 3. The summed E-state index contributed by atoms with van der Waals surface area (Å²) in [5.74, 6) is -0.951. The van der Waals surface area contributed by atoms with Crippen LogP contribution in [-0.4, -0.2) is 37.2 Å². The van der Waals surface area contributed by atoms with E-state index >= 15 is 0 Å². The Labute approximate surface area is 369 Å². The van der Waals surface area contributed by atoms with Crippen LogP contribution in [0.15, 0.2) is 85.1 Å². The third-order valence-corrected chi connectivity index (χ3v) is 10.2. The van der Waals surface area contributed by atoms with Gasteiger partial charge in [0.25, 0.3) is 0 Å². The van der Waals surface area contributed by atoms with Gasteiger partial charge in [-0.25, -0.2) is 0 Å². The number of allylic oxidation sites excluding steroid dienone is 14. The molecule has 0 aromatic carbocycles. The summed E-state index contributed by atoms with van der Waals surface area (Å²) < 4.78 is 16.7. The molecule has 0 radical (unpaired) electrons. The van der Waals surface area contributed by atoms with Crippen molar-refractivity contribution < 1.29 is 28.6 Å². The summed E-state index contributed by atoms with van der Waals surface area (Å²) in [6.07, 6.45) is 61.4. The average molecular weight is 835 g/mol. The first-order valence-corrected chi connectivity index (χ1v) is 24.6. The van der Waals surface area contributed by atoms with Crippen LogP contribution < -0.4 is 0 Å². The van der Waals surface area contributed by atoms with Crippen LogP contribution in [0.25, 0.3) is 0 Å². The van der Waals surface area contributed by atoms with E-state index in [9.17, 15) is 14.4 Å². The fraction of sp³-hybridized carbons (Fsp3) is 0.685. The number of carbonyl (C=O) groups is 3. The number of carbonyl (C=O) groups excluding carboxylic acids is 3. The Hall–Kier alpha value is -3.41. The molecule has 0 aromatic rings. The second-order valence-corrected chi connectivity index (χ2v) is 16.0. The molecule has 0 aliphatic rings. The van der Waals surface area contributed by atoms with Crippen molar-refractivity contribution in [3.8, 4) is 0 Å². The van der Waals surface area contributed by atoms with Gasteiger partial charge in [-0.3, -0.25) is 14.4 Å². The maximum absolute atomic E-state index is 12.7. The highest BCUT2D eigenvalue weighted by Crippen LogP contribution is 2.13. The lowest BCUT2D eigenvalue weighted by Gasteiger charge is -2.18. The standard InChI is InChI=1S/C54H90O6/c1-4-7-10-13-16-19-22-25-26-27-28-29-30-33-35-38-41-44-47-53(56)59-50-51(60-54(57)48-45-42-39-36-32-24-21-18-15-12-9-6-3)49-58-52(55)46-43-40-37-34-31-23-20-17-14-11-8-5-2/h8-9,11-12,17-18,20-22,25-29,51H,4-7,10,13-16,19,23-24,30-50H2,1-3H3/b11-8-,12-9-,20-17-,21-18-,25-22-,27-26-,29-28-. The van der Waals surface area contributed by atoms with Gasteiger partial charge in [-0.05, 0) is 96.3 Å². The lowest BCUT2D eigenvalue weighted by Crippen LogP contribution is -2.30. The van der Waals surface area contributed by atoms with Crippen LogP contribution in [0, 0.1) is 0 Å². The van der Waals surface area contributed by atoms with E-state index < -0.39 is 6.10 Å². The van der Waals surface area contributed by atoms with Crippen molar-refractivity contribution in [2.45, 2.75) is 226 Å². The smallest absolute Gasteiger partial charge is 0.306 e. The van der Waals surface area contributed by atoms with E-state index in [1.807, 2.05) is 0 Å². The van der Waals surface area contributed by atoms with Gasteiger partial charge in [-0.2, -0.15) is 0 Å². The van der Waals surface area contributed by atoms with E-state index in [0.29, 0.717) is 19.3 Å². The molecule has 0 saturated heterocycles. The Morgan fingerprint density at radius 2 is 0.717 bits per heavy atom. The van der Waals surface area contributed by atoms with E-state index in [4.69, 9.17) is 14.2 Å². The van der Waals surface area contributed by atoms with Crippen LogP contribution in [0.1, 0.15) is 220 Å². The van der Waals surface area contributed by atoms with E-state index in [-0.39, 0.29) is 31.1 Å². The molecular weight excluding hydrogens is 745 g/mol. The number of ether oxygens (including phenoxy) is 3. The van der Waals surface area contributed by atoms with Crippen LogP contribution in [0.4, 0.5) is 0 Å². The second-order valence-electron chi connectivity index (χ2n) is 16.0. The van der Waals surface area contributed by atoms with Gasteiger partial charge in [-0.15, -0.1) is 0 Å². The zero-order valence-electron chi connectivity index (χ0n) is 38.9. The summed E-state index contributed by atoms with van der Waals surface area (Å²) in [5.41, 5.74) is 0. The van der Waals surface area contributed by atoms with Gasteiger partial charge < -0.3 is 14.2 Å². The van der Waals surface area contributed by atoms with Crippen molar-refractivity contribution in [3.05, 3.63) is 85.1 Å². The summed E-state index contributed by atoms with van der Waals surface area (Å²) in [6, 6.07) is 0. The highest BCUT2D eigenvalue weighted by atomic mass is 16.6. The first kappa shape index (κ1) is 56.6. The minimum atomic E-state index is -0.797. The van der Waals surface area contributed by atoms with Gasteiger partial charge in [0.2, 0.25) is 0 Å². The molecule has 342 valence electrons. The Bertz CT molecular complexity index is 1190. The van der Waals surface area contributed by atoms with Gasteiger partial charge in [0.05, 0.1) is 0 Å². The third kappa shape index (κ3) is 45.7. The number of unbranched alkanes of at least 4 members (excludes halogenated alkanes) is 20. The lowest BCUT2D eigenvalue weighted by molar-refractivity contribution is -0.167. The van der Waals surface area contributed by atoms with Gasteiger partial charge in [-0.1, -0.05) is 189 Å². The van der Waals surface area contributed by atoms with E-state index in [2.05, 4.69) is 106 Å². The van der Waals surface area contributed by atoms with Gasteiger partial charge in [0.15, 0.2) is 6.10 Å². The van der Waals surface area contributed by atoms with Gasteiger partial charge in [0, 0.05) is 19.3 Å². The molecule has 0 aromatic heterocycles. The highest BCUT2D eigenvalue weighted by molar-refractivity contribution is 5.71. The molecule has 0 aliphatic heterocycles. The monoisotopic (exact) mass is 835 g/mol. The molecular formula is C54H90O6. The molecule has 6 heteroatoms. The zero-order chi connectivity index (χ0) is 43.7. The largest absolute Gasteiger partial charge is 0.462 e. The quantitative estimate of drug-likeness (QED) is 0.0200. The normalized spacial score (nSPS) is 12.8. The van der Waals surface area contributed by atoms with Gasteiger partial charge in [0.1, 0.15) is 13.2 Å². The zero-order valence-corrected chi connectivity index (χ0v) is 38.9. The van der Waals surface area contributed by atoms with Crippen molar-refractivity contribution in [2.24, 2.45) is 0 Å². The summed E-state index contributed by atoms with van der Waals surface area (Å²) in [4.78, 5) is 37.9. The third-order valence-electron chi connectivity index (χ3n) is 10.2. The molecule has 0 saturated carbocycles. The van der Waals surface area contributed by atoms with Crippen LogP contribution >= 0.6 is 0 Å². The molecule has 1 atom stereocenters. The Morgan fingerprint density at radius 3 is 1.13 bits per heavy atom. The molecule has 0 aliphatic carbocycles. The van der Waals surface area contributed by atoms with E-state index in [1.54, 1.807) is 0 Å². The predicted molar refractivity (Wildman–Crippen MR) is 256 cm³/mol. The topological polar surface area (TPSA) is 78.9 Å². The fourth-order valence-corrected chi connectivity index (χ4v) is 6.52. The second kappa shape index (κ2) is 48.3. The minimum Gasteiger partial charge on any atom is -0.462 e. The van der Waals surface area contributed by atoms with Crippen LogP contribution in [0.2, 0.25) is 0 Å². The van der Waals surface area contributed by atoms with Crippen LogP contribution in [0.5, 0.6) is 0 Å². The summed E-state index contributed by atoms with van der Waals surface area (Å²) >= 11 is 0. The Balaban J connectivity index is 4.44. The van der Waals surface area contributed by atoms with Crippen molar-refractivity contribution >= 4 is 17.9 Å². The number of rotatable bonds is 43. The molecule has 1 unspecified atom stereocenters. The van der Waals surface area contributed by atoms with Crippen molar-refractivity contribution in [3.63, 3.8) is 0 Å². The molecule has 6 nitrogen and oxygen atoms in total. The van der Waals surface area contributed by atoms with Crippen molar-refractivity contribution in [1.29, 1.82) is 0 Å². The van der Waals surface area contributed by atoms with Crippen LogP contribution in [0.3, 0.4) is 0 Å². The van der Waals surface area contributed by atoms with Crippen molar-refractivity contribution in [1.82, 2.24) is 0 Å². The van der Waals surface area contributed by atoms with Crippen LogP contribution in [-0.2, 0) is 28.6 Å². The molecule has 0 fully saturated rings. The molecule has 60 heavy (non-hydrogen) atoms. The summed E-state index contributed by atoms with van der Waals surface area (Å²) in [7, 11) is 0. The van der Waals surface area contributed by atoms with Crippen molar-refractivity contribution in [2.75, 3.05) is 13.2 Å². The fourth-order valence-electron chi connectivity index (χ4n) is 6.52. The Morgan fingerprint density at radius 1 is 0.367 bits per heavy atom. The first-order chi connectivity index (χ1) is 29.5. The summed E-state index contributed by atoms with van der Waals surface area (Å²) in [5, 5.41) is 0. The molecule has 0 amide bonds. The Kier molecular flexibility index (Phi) is 45.5. The molecule has 0 rings (SSSR count). The highest BCUT2D eigenvalue weighted by Gasteiger charge is 2.19. The SMILES string of the molecule is CC/C=C\C/C=C\CCCCCCCC(=O)OCC(COC(=O)CCCCCCC\C=C/C=C\C=C/CCCCCCC)OC(=O)CCCCCCC/C=C\C/C=C\CC. The minimum absolute atomic E-state index is 0.0977. The van der Waals surface area contributed by atoms with Gasteiger partial charge >= 0.3 is 17.9 Å². The lowest BCUT2D eigenvalue weighted by atomic mass is 10.1. The van der Waals surface area contributed by atoms with E-state index in [1.165, 1.54) is 32.1 Å². The maximum atomic E-state index is 12.7. The molecule has 0 N–H and O–H groups in total. The average Bonchev–Trinajstić information content (AvgIpc) is 3.24. The molecule has 0 heterocycles. The number of hydrogen-bond donors (Lipinski definition) is 0. The maximum Gasteiger partial charge on any atom is 0.306 e. The van der Waals surface area contributed by atoms with E-state index in [0.717, 1.165) is 148 Å². The summed E-state index contributed by atoms with van der Waals surface area (Å²) in [6.45, 7) is 6.34. The predicted octanol–water partition coefficient (Wildman–Crippen LogP) is 16.0. The first-order valence-electron chi connectivity index (χ1n) is 24.6. The number of hydrogen-bond acceptors (Lipinski definition) is 6. The molecule has 0 bridgehead atoms. The molecule has 0 spiro atoms.